The molecule has 0 saturated carbocycles. The standard InChI is InChI=1S/C13H8N6O5/c14-18-16-6-4-2-1-3-5(6)9(20)7-8(17-19-15)11(22)13(24)12(23)10(7)21/h1-4,21-24H. The molecule has 0 fully saturated rings. The summed E-state index contributed by atoms with van der Waals surface area (Å²) in [7, 11) is 0. The lowest BCUT2D eigenvalue weighted by Gasteiger charge is -2.13. The number of phenolic OH excluding ortho intramolecular Hbond substituents is 4. The third kappa shape index (κ3) is 2.55. The number of phenols is 4. The van der Waals surface area contributed by atoms with Gasteiger partial charge in [-0.05, 0) is 11.1 Å². The Kier molecular flexibility index (Phi) is 4.32. The van der Waals surface area contributed by atoms with Crippen molar-refractivity contribution in [2.45, 2.75) is 0 Å². The van der Waals surface area contributed by atoms with Crippen LogP contribution < -0.4 is 0 Å². The SMILES string of the molecule is [N-]=[N+]=Nc1ccccc1C(=O)c1c(O)c(O)c(O)c(O)c1N=[N+]=[N-]. The summed E-state index contributed by atoms with van der Waals surface area (Å²) in [6.45, 7) is 0. The maximum Gasteiger partial charge on any atom is 0.205 e. The van der Waals surface area contributed by atoms with Crippen LogP contribution in [0.3, 0.4) is 0 Å². The van der Waals surface area contributed by atoms with E-state index in [-0.39, 0.29) is 11.3 Å². The van der Waals surface area contributed by atoms with Crippen LogP contribution >= 0.6 is 0 Å². The predicted octanol–water partition coefficient (Wildman–Crippen LogP) is 3.62. The van der Waals surface area contributed by atoms with Crippen molar-refractivity contribution in [2.24, 2.45) is 10.2 Å². The minimum Gasteiger partial charge on any atom is -0.504 e. The van der Waals surface area contributed by atoms with Crippen molar-refractivity contribution in [2.75, 3.05) is 0 Å². The fourth-order valence-electron chi connectivity index (χ4n) is 1.98. The molecule has 24 heavy (non-hydrogen) atoms. The third-order valence-electron chi connectivity index (χ3n) is 3.04. The van der Waals surface area contributed by atoms with E-state index in [1.165, 1.54) is 24.3 Å². The highest BCUT2D eigenvalue weighted by Crippen LogP contribution is 2.52. The van der Waals surface area contributed by atoms with Gasteiger partial charge in [-0.1, -0.05) is 34.5 Å². The maximum atomic E-state index is 12.6. The zero-order chi connectivity index (χ0) is 17.9. The minimum absolute atomic E-state index is 0.0941. The van der Waals surface area contributed by atoms with Crippen molar-refractivity contribution in [1.82, 2.24) is 0 Å². The number of hydrogen-bond donors (Lipinski definition) is 4. The largest absolute Gasteiger partial charge is 0.504 e. The number of aromatic hydroxyl groups is 4. The third-order valence-corrected chi connectivity index (χ3v) is 3.04. The van der Waals surface area contributed by atoms with E-state index < -0.39 is 40.0 Å². The Morgan fingerprint density at radius 2 is 1.46 bits per heavy atom. The molecular weight excluding hydrogens is 320 g/mol. The second-order valence-corrected chi connectivity index (χ2v) is 4.34. The number of nitrogens with zero attached hydrogens (tertiary/aromatic N) is 6. The lowest BCUT2D eigenvalue weighted by molar-refractivity contribution is 0.103. The molecule has 0 atom stereocenters. The van der Waals surface area contributed by atoms with Gasteiger partial charge in [-0.2, -0.15) is 0 Å². The van der Waals surface area contributed by atoms with E-state index in [0.717, 1.165) is 0 Å². The highest BCUT2D eigenvalue weighted by Gasteiger charge is 2.28. The second kappa shape index (κ2) is 6.36. The van der Waals surface area contributed by atoms with Crippen LogP contribution in [0.2, 0.25) is 0 Å². The first-order valence-corrected chi connectivity index (χ1v) is 6.17. The molecule has 2 rings (SSSR count). The van der Waals surface area contributed by atoms with Crippen molar-refractivity contribution >= 4 is 17.2 Å². The van der Waals surface area contributed by atoms with Crippen molar-refractivity contribution in [3.05, 3.63) is 56.3 Å². The van der Waals surface area contributed by atoms with Crippen LogP contribution in [-0.2, 0) is 0 Å². The fraction of sp³-hybridized carbons (Fsp3) is 0. The lowest BCUT2D eigenvalue weighted by Crippen LogP contribution is -2.03. The monoisotopic (exact) mass is 328 g/mol. The average molecular weight is 328 g/mol. The molecule has 2 aromatic carbocycles. The van der Waals surface area contributed by atoms with Crippen molar-refractivity contribution < 1.29 is 25.2 Å². The molecule has 0 aliphatic heterocycles. The number of rotatable bonds is 4. The quantitative estimate of drug-likeness (QED) is 0.166. The molecular formula is C13H8N6O5. The molecule has 0 spiro atoms. The molecule has 0 bridgehead atoms. The number of benzene rings is 2. The molecule has 4 N–H and O–H groups in total. The second-order valence-electron chi connectivity index (χ2n) is 4.34. The van der Waals surface area contributed by atoms with Gasteiger partial charge in [0.05, 0.1) is 11.3 Å². The lowest BCUT2D eigenvalue weighted by atomic mass is 9.98. The minimum atomic E-state index is -1.17. The predicted molar refractivity (Wildman–Crippen MR) is 80.6 cm³/mol. The van der Waals surface area contributed by atoms with E-state index in [0.29, 0.717) is 0 Å². The summed E-state index contributed by atoms with van der Waals surface area (Å²) in [5, 5.41) is 45.2. The van der Waals surface area contributed by atoms with Crippen LogP contribution in [0.25, 0.3) is 20.9 Å². The summed E-state index contributed by atoms with van der Waals surface area (Å²) in [6, 6.07) is 5.50. The van der Waals surface area contributed by atoms with E-state index in [1.54, 1.807) is 0 Å². The molecule has 0 radical (unpaired) electrons. The van der Waals surface area contributed by atoms with Gasteiger partial charge in [0.15, 0.2) is 17.3 Å². The van der Waals surface area contributed by atoms with E-state index in [2.05, 4.69) is 20.1 Å². The molecule has 11 nitrogen and oxygen atoms in total. The zero-order valence-electron chi connectivity index (χ0n) is 11.7. The molecule has 0 aliphatic carbocycles. The molecule has 0 heterocycles. The van der Waals surface area contributed by atoms with E-state index in [1.807, 2.05) is 0 Å². The fourth-order valence-corrected chi connectivity index (χ4v) is 1.98. The molecule has 11 heteroatoms. The normalized spacial score (nSPS) is 9.67. The Balaban J connectivity index is 2.84. The van der Waals surface area contributed by atoms with Gasteiger partial charge in [0.2, 0.25) is 11.5 Å². The van der Waals surface area contributed by atoms with Crippen LogP contribution in [0.1, 0.15) is 15.9 Å². The van der Waals surface area contributed by atoms with Crippen molar-refractivity contribution in [3.8, 4) is 23.0 Å². The summed E-state index contributed by atoms with van der Waals surface area (Å²) in [6.07, 6.45) is 0. The molecule has 2 aromatic rings. The topological polar surface area (TPSA) is 196 Å². The van der Waals surface area contributed by atoms with E-state index in [4.69, 9.17) is 11.1 Å². The highest BCUT2D eigenvalue weighted by molar-refractivity contribution is 6.17. The first-order valence-electron chi connectivity index (χ1n) is 6.17. The Hall–Kier alpha value is -4.07. The maximum absolute atomic E-state index is 12.6. The summed E-state index contributed by atoms with van der Waals surface area (Å²) < 4.78 is 0. The Labute approximate surface area is 132 Å². The first kappa shape index (κ1) is 16.3. The first-order chi connectivity index (χ1) is 11.4. The van der Waals surface area contributed by atoms with Crippen LogP contribution in [0.15, 0.2) is 34.5 Å². The van der Waals surface area contributed by atoms with Crippen LogP contribution in [0, 0.1) is 0 Å². The number of carbonyl (C=O) groups excluding carboxylic acids is 1. The van der Waals surface area contributed by atoms with Gasteiger partial charge in [-0.25, -0.2) is 0 Å². The highest BCUT2D eigenvalue weighted by atomic mass is 16.3. The summed E-state index contributed by atoms with van der Waals surface area (Å²) >= 11 is 0. The summed E-state index contributed by atoms with van der Waals surface area (Å²) in [4.78, 5) is 17.6. The van der Waals surface area contributed by atoms with Crippen molar-refractivity contribution in [3.63, 3.8) is 0 Å². The van der Waals surface area contributed by atoms with Gasteiger partial charge in [0.1, 0.15) is 0 Å². The van der Waals surface area contributed by atoms with Gasteiger partial charge >= 0.3 is 0 Å². The van der Waals surface area contributed by atoms with Crippen LogP contribution in [0.4, 0.5) is 11.4 Å². The molecule has 0 unspecified atom stereocenters. The van der Waals surface area contributed by atoms with Crippen LogP contribution in [-0.4, -0.2) is 26.2 Å². The summed E-state index contributed by atoms with van der Waals surface area (Å²) in [5.74, 6) is -5.53. The zero-order valence-corrected chi connectivity index (χ0v) is 11.7. The molecule has 120 valence electrons. The van der Waals surface area contributed by atoms with Crippen molar-refractivity contribution in [1.29, 1.82) is 0 Å². The van der Waals surface area contributed by atoms with Gasteiger partial charge in [-0.3, -0.25) is 4.79 Å². The smallest absolute Gasteiger partial charge is 0.205 e. The Bertz CT molecular complexity index is 944. The van der Waals surface area contributed by atoms with Gasteiger partial charge < -0.3 is 20.4 Å². The number of azide groups is 2. The Morgan fingerprint density at radius 1 is 0.875 bits per heavy atom. The number of hydrogen-bond acceptors (Lipinski definition) is 7. The summed E-state index contributed by atoms with van der Waals surface area (Å²) in [5.41, 5.74) is 15.3. The molecule has 0 aromatic heterocycles. The average Bonchev–Trinajstić information content (AvgIpc) is 2.58. The van der Waals surface area contributed by atoms with Gasteiger partial charge in [0, 0.05) is 21.1 Å². The van der Waals surface area contributed by atoms with Gasteiger partial charge in [0.25, 0.3) is 0 Å². The molecule has 0 amide bonds. The number of ketones is 1. The van der Waals surface area contributed by atoms with E-state index >= 15 is 0 Å². The van der Waals surface area contributed by atoms with E-state index in [9.17, 15) is 25.2 Å². The Morgan fingerprint density at radius 3 is 2.08 bits per heavy atom. The molecule has 0 aliphatic rings. The van der Waals surface area contributed by atoms with Crippen LogP contribution in [0.5, 0.6) is 23.0 Å². The van der Waals surface area contributed by atoms with Gasteiger partial charge in [-0.15, -0.1) is 0 Å². The number of carbonyl (C=O) groups is 1. The molecule has 0 saturated heterocycles.